The maximum atomic E-state index is 12.6. The number of imidazole rings is 1. The summed E-state index contributed by atoms with van der Waals surface area (Å²) in [7, 11) is -2.09. The smallest absolute Gasteiger partial charge is 0.242 e. The second-order valence-electron chi connectivity index (χ2n) is 5.54. The van der Waals surface area contributed by atoms with Gasteiger partial charge in [0.25, 0.3) is 0 Å². The van der Waals surface area contributed by atoms with Crippen LogP contribution in [0.3, 0.4) is 0 Å². The highest BCUT2D eigenvalue weighted by Crippen LogP contribution is 2.21. The van der Waals surface area contributed by atoms with Gasteiger partial charge in [-0.1, -0.05) is 30.3 Å². The number of amides is 1. The van der Waals surface area contributed by atoms with Crippen molar-refractivity contribution in [3.05, 3.63) is 54.6 Å². The van der Waals surface area contributed by atoms with Crippen LogP contribution in [0.1, 0.15) is 18.0 Å². The van der Waals surface area contributed by atoms with Gasteiger partial charge < -0.3 is 9.88 Å². The molecule has 0 spiro atoms. The molecule has 7 nitrogen and oxygen atoms in total. The molecule has 1 amide bonds. The van der Waals surface area contributed by atoms with Gasteiger partial charge in [-0.05, 0) is 12.0 Å². The summed E-state index contributed by atoms with van der Waals surface area (Å²) in [5, 5.41) is 2.82. The van der Waals surface area contributed by atoms with Crippen molar-refractivity contribution in [2.75, 3.05) is 19.8 Å². The Bertz CT molecular complexity index is 745. The molecule has 1 atom stereocenters. The van der Waals surface area contributed by atoms with Gasteiger partial charge >= 0.3 is 0 Å². The summed E-state index contributed by atoms with van der Waals surface area (Å²) in [6.45, 7) is 1.19. The molecule has 8 heteroatoms. The third kappa shape index (κ3) is 4.90. The van der Waals surface area contributed by atoms with E-state index in [0.717, 1.165) is 23.5 Å². The first-order valence-corrected chi connectivity index (χ1v) is 9.46. The van der Waals surface area contributed by atoms with Gasteiger partial charge in [-0.15, -0.1) is 0 Å². The summed E-state index contributed by atoms with van der Waals surface area (Å²) in [5.41, 5.74) is 0.637. The lowest BCUT2D eigenvalue weighted by Gasteiger charge is -2.25. The molecule has 130 valence electrons. The van der Waals surface area contributed by atoms with Crippen LogP contribution in [0, 0.1) is 0 Å². The third-order valence-corrected chi connectivity index (χ3v) is 4.96. The van der Waals surface area contributed by atoms with Crippen LogP contribution in [0.5, 0.6) is 0 Å². The van der Waals surface area contributed by atoms with Gasteiger partial charge in [-0.3, -0.25) is 4.79 Å². The number of benzene rings is 1. The van der Waals surface area contributed by atoms with Crippen LogP contribution < -0.4 is 5.32 Å². The molecule has 0 fully saturated rings. The Morgan fingerprint density at radius 3 is 2.62 bits per heavy atom. The quantitative estimate of drug-likeness (QED) is 0.721. The second kappa shape index (κ2) is 8.07. The molecule has 2 aromatic rings. The lowest BCUT2D eigenvalue weighted by molar-refractivity contribution is -0.124. The van der Waals surface area contributed by atoms with Crippen LogP contribution in [0.4, 0.5) is 0 Å². The number of carbonyl (C=O) groups is 1. The molecule has 1 aromatic carbocycles. The molecule has 1 heterocycles. The molecule has 1 N–H and O–H groups in total. The normalized spacial score (nSPS) is 13.0. The summed E-state index contributed by atoms with van der Waals surface area (Å²) in [4.78, 5) is 16.5. The zero-order valence-electron chi connectivity index (χ0n) is 13.8. The maximum Gasteiger partial charge on any atom is 0.242 e. The molecular weight excluding hydrogens is 328 g/mol. The number of carbonyl (C=O) groups excluding carboxylic acids is 1. The minimum Gasteiger partial charge on any atom is -0.354 e. The van der Waals surface area contributed by atoms with Crippen LogP contribution in [0.15, 0.2) is 49.1 Å². The standard InChI is InChI=1S/C16H22N4O3S/c1-19(24(2,22)23)15(14-7-4-3-5-8-14)16(21)18-9-6-11-20-12-10-17-13-20/h3-5,7-8,10,12-13,15H,6,9,11H2,1-2H3,(H,18,21). The molecule has 1 aromatic heterocycles. The van der Waals surface area contributed by atoms with Gasteiger partial charge in [0.15, 0.2) is 0 Å². The fourth-order valence-electron chi connectivity index (χ4n) is 2.34. The van der Waals surface area contributed by atoms with E-state index in [1.807, 2.05) is 16.8 Å². The number of nitrogens with zero attached hydrogens (tertiary/aromatic N) is 3. The molecule has 0 aliphatic heterocycles. The van der Waals surface area contributed by atoms with E-state index in [2.05, 4.69) is 10.3 Å². The SMILES string of the molecule is CN(C(C(=O)NCCCn1ccnc1)c1ccccc1)S(C)(=O)=O. The van der Waals surface area contributed by atoms with Crippen LogP contribution in [-0.4, -0.2) is 48.0 Å². The molecule has 0 radical (unpaired) electrons. The summed E-state index contributed by atoms with van der Waals surface area (Å²) in [6.07, 6.45) is 7.09. The van der Waals surface area contributed by atoms with Crippen LogP contribution in [-0.2, 0) is 21.4 Å². The Hall–Kier alpha value is -2.19. The topological polar surface area (TPSA) is 84.3 Å². The van der Waals surface area contributed by atoms with E-state index < -0.39 is 16.1 Å². The number of sulfonamides is 1. The van der Waals surface area contributed by atoms with Crippen molar-refractivity contribution < 1.29 is 13.2 Å². The average Bonchev–Trinajstić information content (AvgIpc) is 3.05. The van der Waals surface area contributed by atoms with Crippen LogP contribution in [0.2, 0.25) is 0 Å². The van der Waals surface area contributed by atoms with Crippen molar-refractivity contribution in [3.63, 3.8) is 0 Å². The van der Waals surface area contributed by atoms with E-state index >= 15 is 0 Å². The number of hydrogen-bond donors (Lipinski definition) is 1. The molecule has 0 aliphatic carbocycles. The summed E-state index contributed by atoms with van der Waals surface area (Å²) in [5.74, 6) is -0.334. The molecule has 0 saturated heterocycles. The molecule has 0 aliphatic rings. The zero-order valence-corrected chi connectivity index (χ0v) is 14.6. The number of aromatic nitrogens is 2. The summed E-state index contributed by atoms with van der Waals surface area (Å²) in [6, 6.07) is 8.00. The minimum atomic E-state index is -3.50. The van der Waals surface area contributed by atoms with Crippen molar-refractivity contribution in [2.24, 2.45) is 0 Å². The van der Waals surface area contributed by atoms with E-state index in [-0.39, 0.29) is 5.91 Å². The highest BCUT2D eigenvalue weighted by molar-refractivity contribution is 7.88. The first-order chi connectivity index (χ1) is 11.4. The van der Waals surface area contributed by atoms with E-state index in [1.165, 1.54) is 7.05 Å². The number of hydrogen-bond acceptors (Lipinski definition) is 4. The maximum absolute atomic E-state index is 12.6. The van der Waals surface area contributed by atoms with Crippen molar-refractivity contribution in [3.8, 4) is 0 Å². The lowest BCUT2D eigenvalue weighted by atomic mass is 10.1. The first kappa shape index (κ1) is 18.2. The van der Waals surface area contributed by atoms with E-state index in [4.69, 9.17) is 0 Å². The Morgan fingerprint density at radius 2 is 2.04 bits per heavy atom. The van der Waals surface area contributed by atoms with Crippen molar-refractivity contribution in [2.45, 2.75) is 19.0 Å². The number of rotatable bonds is 8. The highest BCUT2D eigenvalue weighted by Gasteiger charge is 2.30. The van der Waals surface area contributed by atoms with E-state index in [1.54, 1.807) is 36.8 Å². The van der Waals surface area contributed by atoms with Crippen molar-refractivity contribution >= 4 is 15.9 Å². The number of likely N-dealkylation sites (N-methyl/N-ethyl adjacent to an activating group) is 1. The molecular formula is C16H22N4O3S. The Balaban J connectivity index is 2.02. The highest BCUT2D eigenvalue weighted by atomic mass is 32.2. The predicted molar refractivity (Wildman–Crippen MR) is 91.6 cm³/mol. The van der Waals surface area contributed by atoms with Crippen molar-refractivity contribution in [1.82, 2.24) is 19.2 Å². The summed E-state index contributed by atoms with van der Waals surface area (Å²) >= 11 is 0. The Labute approximate surface area is 142 Å². The molecule has 24 heavy (non-hydrogen) atoms. The molecule has 1 unspecified atom stereocenters. The van der Waals surface area contributed by atoms with Gasteiger partial charge in [0, 0.05) is 32.5 Å². The Morgan fingerprint density at radius 1 is 1.33 bits per heavy atom. The number of aryl methyl sites for hydroxylation is 1. The van der Waals surface area contributed by atoms with Gasteiger partial charge in [0.2, 0.25) is 15.9 Å². The predicted octanol–water partition coefficient (Wildman–Crippen LogP) is 1.02. The van der Waals surface area contributed by atoms with Gasteiger partial charge in [-0.2, -0.15) is 4.31 Å². The first-order valence-electron chi connectivity index (χ1n) is 7.61. The third-order valence-electron chi connectivity index (χ3n) is 3.70. The minimum absolute atomic E-state index is 0.334. The van der Waals surface area contributed by atoms with Gasteiger partial charge in [0.1, 0.15) is 6.04 Å². The lowest BCUT2D eigenvalue weighted by Crippen LogP contribution is -2.41. The van der Waals surface area contributed by atoms with E-state index in [9.17, 15) is 13.2 Å². The second-order valence-corrected chi connectivity index (χ2v) is 7.58. The monoisotopic (exact) mass is 350 g/mol. The fraction of sp³-hybridized carbons (Fsp3) is 0.375. The van der Waals surface area contributed by atoms with Gasteiger partial charge in [-0.25, -0.2) is 13.4 Å². The zero-order chi connectivity index (χ0) is 17.6. The van der Waals surface area contributed by atoms with Crippen molar-refractivity contribution in [1.29, 1.82) is 0 Å². The fourth-order valence-corrected chi connectivity index (χ4v) is 2.94. The van der Waals surface area contributed by atoms with Crippen LogP contribution in [0.25, 0.3) is 0 Å². The molecule has 0 bridgehead atoms. The largest absolute Gasteiger partial charge is 0.354 e. The number of nitrogens with one attached hydrogen (secondary N) is 1. The summed E-state index contributed by atoms with van der Waals surface area (Å²) < 4.78 is 26.8. The molecule has 2 rings (SSSR count). The average molecular weight is 350 g/mol. The van der Waals surface area contributed by atoms with E-state index in [0.29, 0.717) is 12.1 Å². The van der Waals surface area contributed by atoms with Crippen LogP contribution >= 0.6 is 0 Å². The van der Waals surface area contributed by atoms with Gasteiger partial charge in [0.05, 0.1) is 12.6 Å². The molecule has 0 saturated carbocycles. The Kier molecular flexibility index (Phi) is 6.10.